The van der Waals surface area contributed by atoms with Gasteiger partial charge in [0.15, 0.2) is 0 Å². The lowest BCUT2D eigenvalue weighted by molar-refractivity contribution is 0.401. The number of rotatable bonds is 2. The molecule has 0 spiro atoms. The van der Waals surface area contributed by atoms with Gasteiger partial charge in [0.25, 0.3) is 0 Å². The fraction of sp³-hybridized carbons (Fsp3) is 0.538. The van der Waals surface area contributed by atoms with E-state index in [-0.39, 0.29) is 17.2 Å². The number of methoxy groups -OCH3 is 1. The molecule has 1 unspecified atom stereocenters. The Hall–Kier alpha value is -1.22. The van der Waals surface area contributed by atoms with Crippen LogP contribution in [0.4, 0.5) is 0 Å². The molecule has 1 atom stereocenters. The van der Waals surface area contributed by atoms with Gasteiger partial charge in [0.1, 0.15) is 11.5 Å². The van der Waals surface area contributed by atoms with Crippen molar-refractivity contribution in [1.29, 1.82) is 0 Å². The molecule has 0 saturated heterocycles. The van der Waals surface area contributed by atoms with Crippen LogP contribution in [0.3, 0.4) is 0 Å². The van der Waals surface area contributed by atoms with E-state index in [1.165, 1.54) is 0 Å². The van der Waals surface area contributed by atoms with Crippen LogP contribution in [0.15, 0.2) is 12.1 Å². The lowest BCUT2D eigenvalue weighted by Crippen LogP contribution is -2.14. The summed E-state index contributed by atoms with van der Waals surface area (Å²) in [7, 11) is 1.61. The summed E-state index contributed by atoms with van der Waals surface area (Å²) in [4.78, 5) is 0. The predicted octanol–water partition coefficient (Wildman–Crippen LogP) is 2.72. The zero-order valence-corrected chi connectivity index (χ0v) is 10.7. The second kappa shape index (κ2) is 4.34. The number of nitrogens with two attached hydrogens (primary N) is 1. The molecule has 1 aromatic rings. The summed E-state index contributed by atoms with van der Waals surface area (Å²) in [5.74, 6) is 1.01. The van der Waals surface area contributed by atoms with Crippen molar-refractivity contribution in [2.45, 2.75) is 39.2 Å². The van der Waals surface area contributed by atoms with Crippen molar-refractivity contribution in [2.24, 2.45) is 5.73 Å². The first-order valence-electron chi connectivity index (χ1n) is 5.44. The Balaban J connectivity index is 3.44. The minimum atomic E-state index is -0.212. The van der Waals surface area contributed by atoms with E-state index in [2.05, 4.69) is 0 Å². The lowest BCUT2D eigenvalue weighted by atomic mass is 9.84. The molecular weight excluding hydrogens is 202 g/mol. The van der Waals surface area contributed by atoms with Crippen molar-refractivity contribution in [1.82, 2.24) is 0 Å². The third-order valence-corrected chi connectivity index (χ3v) is 2.65. The molecule has 0 bridgehead atoms. The van der Waals surface area contributed by atoms with Crippen molar-refractivity contribution >= 4 is 0 Å². The van der Waals surface area contributed by atoms with E-state index in [9.17, 15) is 5.11 Å². The van der Waals surface area contributed by atoms with Crippen molar-refractivity contribution in [3.05, 3.63) is 23.3 Å². The summed E-state index contributed by atoms with van der Waals surface area (Å²) < 4.78 is 5.23. The topological polar surface area (TPSA) is 55.5 Å². The van der Waals surface area contributed by atoms with Gasteiger partial charge in [-0.05, 0) is 24.5 Å². The van der Waals surface area contributed by atoms with Crippen molar-refractivity contribution in [3.63, 3.8) is 0 Å². The number of hydrogen-bond acceptors (Lipinski definition) is 3. The lowest BCUT2D eigenvalue weighted by Gasteiger charge is -2.24. The first kappa shape index (κ1) is 12.8. The SMILES string of the molecule is COc1cc(C(C)N)c(O)c(C(C)(C)C)c1. The number of phenols is 1. The molecular formula is C13H21NO2. The maximum atomic E-state index is 10.2. The molecule has 0 amide bonds. The van der Waals surface area contributed by atoms with Gasteiger partial charge in [0.05, 0.1) is 7.11 Å². The van der Waals surface area contributed by atoms with Crippen LogP contribution in [-0.2, 0) is 5.41 Å². The van der Waals surface area contributed by atoms with Crippen LogP contribution in [0.2, 0.25) is 0 Å². The molecule has 0 heterocycles. The van der Waals surface area contributed by atoms with Crippen LogP contribution in [-0.4, -0.2) is 12.2 Å². The maximum absolute atomic E-state index is 10.2. The summed E-state index contributed by atoms with van der Waals surface area (Å²) in [6, 6.07) is 3.44. The van der Waals surface area contributed by atoms with Crippen LogP contribution >= 0.6 is 0 Å². The molecule has 0 saturated carbocycles. The van der Waals surface area contributed by atoms with Crippen LogP contribution < -0.4 is 10.5 Å². The number of ether oxygens (including phenoxy) is 1. The molecule has 90 valence electrons. The van der Waals surface area contributed by atoms with Gasteiger partial charge < -0.3 is 15.6 Å². The zero-order valence-electron chi connectivity index (χ0n) is 10.7. The quantitative estimate of drug-likeness (QED) is 0.810. The van der Waals surface area contributed by atoms with E-state index >= 15 is 0 Å². The number of benzene rings is 1. The highest BCUT2D eigenvalue weighted by Crippen LogP contribution is 2.38. The Bertz CT molecular complexity index is 378. The van der Waals surface area contributed by atoms with Crippen LogP contribution in [0.5, 0.6) is 11.5 Å². The van der Waals surface area contributed by atoms with Gasteiger partial charge in [-0.1, -0.05) is 20.8 Å². The maximum Gasteiger partial charge on any atom is 0.124 e. The Labute approximate surface area is 97.2 Å². The number of aromatic hydroxyl groups is 1. The van der Waals surface area contributed by atoms with Crippen LogP contribution in [0.1, 0.15) is 44.9 Å². The minimum Gasteiger partial charge on any atom is -0.507 e. The average molecular weight is 223 g/mol. The number of phenolic OH excluding ortho intramolecular Hbond substituents is 1. The Morgan fingerprint density at radius 2 is 1.88 bits per heavy atom. The van der Waals surface area contributed by atoms with Crippen molar-refractivity contribution in [2.75, 3.05) is 7.11 Å². The largest absolute Gasteiger partial charge is 0.507 e. The van der Waals surface area contributed by atoms with Gasteiger partial charge in [-0.3, -0.25) is 0 Å². The molecule has 0 aliphatic heterocycles. The fourth-order valence-corrected chi connectivity index (χ4v) is 1.67. The van der Waals surface area contributed by atoms with Gasteiger partial charge in [-0.15, -0.1) is 0 Å². The minimum absolute atomic E-state index is 0.137. The standard InChI is InChI=1S/C13H21NO2/c1-8(14)10-6-9(16-5)7-11(12(10)15)13(2,3)4/h6-8,15H,14H2,1-5H3. The molecule has 3 nitrogen and oxygen atoms in total. The summed E-state index contributed by atoms with van der Waals surface area (Å²) in [6.07, 6.45) is 0. The monoisotopic (exact) mass is 223 g/mol. The van der Waals surface area contributed by atoms with Crippen molar-refractivity contribution < 1.29 is 9.84 Å². The highest BCUT2D eigenvalue weighted by atomic mass is 16.5. The van der Waals surface area contributed by atoms with E-state index in [1.54, 1.807) is 13.2 Å². The molecule has 1 rings (SSSR count). The van der Waals surface area contributed by atoms with E-state index < -0.39 is 0 Å². The molecule has 0 aromatic heterocycles. The van der Waals surface area contributed by atoms with Gasteiger partial charge >= 0.3 is 0 Å². The predicted molar refractivity (Wildman–Crippen MR) is 66.0 cm³/mol. The number of hydrogen-bond donors (Lipinski definition) is 2. The smallest absolute Gasteiger partial charge is 0.124 e. The van der Waals surface area contributed by atoms with E-state index in [0.29, 0.717) is 0 Å². The average Bonchev–Trinajstić information content (AvgIpc) is 2.15. The first-order chi connectivity index (χ1) is 7.27. The molecule has 0 aliphatic rings. The van der Waals surface area contributed by atoms with Gasteiger partial charge in [-0.25, -0.2) is 0 Å². The van der Waals surface area contributed by atoms with Crippen molar-refractivity contribution in [3.8, 4) is 11.5 Å². The molecule has 3 N–H and O–H groups in total. The zero-order chi connectivity index (χ0) is 12.5. The summed E-state index contributed by atoms with van der Waals surface area (Å²) in [6.45, 7) is 7.99. The van der Waals surface area contributed by atoms with Crippen LogP contribution in [0, 0.1) is 0 Å². The Kier molecular flexibility index (Phi) is 3.48. The van der Waals surface area contributed by atoms with E-state index in [1.807, 2.05) is 33.8 Å². The Morgan fingerprint density at radius 3 is 2.25 bits per heavy atom. The molecule has 1 aromatic carbocycles. The van der Waals surface area contributed by atoms with Gasteiger partial charge in [-0.2, -0.15) is 0 Å². The molecule has 0 radical (unpaired) electrons. The summed E-state index contributed by atoms with van der Waals surface area (Å²) in [5, 5.41) is 10.2. The highest BCUT2D eigenvalue weighted by Gasteiger charge is 2.22. The third-order valence-electron chi connectivity index (χ3n) is 2.65. The molecule has 3 heteroatoms. The highest BCUT2D eigenvalue weighted by molar-refractivity contribution is 5.50. The Morgan fingerprint density at radius 1 is 1.31 bits per heavy atom. The normalized spacial score (nSPS) is 13.6. The van der Waals surface area contributed by atoms with Gasteiger partial charge in [0, 0.05) is 17.2 Å². The molecule has 16 heavy (non-hydrogen) atoms. The van der Waals surface area contributed by atoms with E-state index in [4.69, 9.17) is 10.5 Å². The first-order valence-corrected chi connectivity index (χ1v) is 5.44. The summed E-state index contributed by atoms with van der Waals surface area (Å²) >= 11 is 0. The fourth-order valence-electron chi connectivity index (χ4n) is 1.67. The molecule has 0 aliphatic carbocycles. The summed E-state index contributed by atoms with van der Waals surface area (Å²) in [5.41, 5.74) is 7.28. The van der Waals surface area contributed by atoms with Crippen LogP contribution in [0.25, 0.3) is 0 Å². The van der Waals surface area contributed by atoms with Gasteiger partial charge in [0.2, 0.25) is 0 Å². The molecule has 0 fully saturated rings. The second-order valence-corrected chi connectivity index (χ2v) is 5.15. The second-order valence-electron chi connectivity index (χ2n) is 5.15. The third kappa shape index (κ3) is 2.47. The van der Waals surface area contributed by atoms with E-state index in [0.717, 1.165) is 16.9 Å².